The zero-order valence-electron chi connectivity index (χ0n) is 12.0. The average molecular weight is 452 g/mol. The van der Waals surface area contributed by atoms with Gasteiger partial charge in [0.25, 0.3) is 0 Å². The molecular formula is C12H18IN6O3P. The number of rotatable bonds is 3. The van der Waals surface area contributed by atoms with Crippen molar-refractivity contribution in [2.45, 2.75) is 16.6 Å². The first-order valence-corrected chi connectivity index (χ1v) is 8.05. The van der Waals surface area contributed by atoms with E-state index in [-0.39, 0.29) is 5.76 Å². The zero-order valence-corrected chi connectivity index (χ0v) is 15.3. The summed E-state index contributed by atoms with van der Waals surface area (Å²) in [6.07, 6.45) is 0.906. The molecule has 2 rings (SSSR count). The molecular weight excluding hydrogens is 434 g/mol. The van der Waals surface area contributed by atoms with E-state index in [1.54, 1.807) is 24.3 Å². The molecule has 0 aromatic heterocycles. The van der Waals surface area contributed by atoms with Gasteiger partial charge in [-0.2, -0.15) is 0 Å². The molecule has 1 aliphatic rings. The van der Waals surface area contributed by atoms with Crippen LogP contribution in [0.1, 0.15) is 0 Å². The first kappa shape index (κ1) is 18.6. The van der Waals surface area contributed by atoms with E-state index in [9.17, 15) is 10.0 Å². The van der Waals surface area contributed by atoms with Crippen LogP contribution in [0.5, 0.6) is 0 Å². The highest BCUT2D eigenvalue weighted by Crippen LogP contribution is 2.37. The molecule has 0 radical (unpaired) electrons. The summed E-state index contributed by atoms with van der Waals surface area (Å²) in [7, 11) is 2.07. The van der Waals surface area contributed by atoms with E-state index in [4.69, 9.17) is 33.5 Å². The van der Waals surface area contributed by atoms with Gasteiger partial charge in [-0.15, -0.1) is 14.5 Å². The van der Waals surface area contributed by atoms with Crippen molar-refractivity contribution < 1.29 is 14.9 Å². The Balaban J connectivity index is 2.40. The number of halogens is 1. The molecule has 9 nitrogen and oxygen atoms in total. The van der Waals surface area contributed by atoms with Crippen LogP contribution in [0, 0.1) is 8.78 Å². The lowest BCUT2D eigenvalue weighted by Gasteiger charge is -2.50. The van der Waals surface area contributed by atoms with Crippen LogP contribution in [0.3, 0.4) is 0 Å². The van der Waals surface area contributed by atoms with Crippen LogP contribution in [-0.2, 0) is 9.63 Å². The second kappa shape index (κ2) is 5.99. The third-order valence-electron chi connectivity index (χ3n) is 3.74. The van der Waals surface area contributed by atoms with Crippen LogP contribution in [0.4, 0.5) is 5.69 Å². The topological polar surface area (TPSA) is 184 Å². The molecule has 3 atom stereocenters. The molecule has 3 unspecified atom stereocenters. The molecule has 23 heavy (non-hydrogen) atoms. The second-order valence-corrected chi connectivity index (χ2v) is 7.42. The molecule has 0 heterocycles. The number of nitrogens with two attached hydrogens (primary N) is 5. The number of ketones is 1. The fraction of sp³-hybridized carbons (Fsp3) is 0.250. The lowest BCUT2D eigenvalue weighted by Crippen LogP contribution is -3.02. The molecule has 0 aliphatic heterocycles. The van der Waals surface area contributed by atoms with Crippen molar-refractivity contribution in [3.05, 3.63) is 44.9 Å². The predicted molar refractivity (Wildman–Crippen MR) is 96.2 cm³/mol. The van der Waals surface area contributed by atoms with E-state index in [1.807, 2.05) is 22.6 Å². The second-order valence-electron chi connectivity index (χ2n) is 5.35. The SMILES string of the molecule is NC1(N)C(=O)C=C(O[NH+]([O-])c2ccccc2I)C(N)(N)C1(N)P. The Kier molecular flexibility index (Phi) is 4.86. The average Bonchev–Trinajstić information content (AvgIpc) is 2.45. The molecule has 0 fully saturated rings. The van der Waals surface area contributed by atoms with E-state index in [0.717, 1.165) is 6.08 Å². The Labute approximate surface area is 148 Å². The van der Waals surface area contributed by atoms with Crippen molar-refractivity contribution in [2.75, 3.05) is 0 Å². The highest BCUT2D eigenvalue weighted by molar-refractivity contribution is 14.1. The molecule has 0 spiro atoms. The minimum Gasteiger partial charge on any atom is -0.585 e. The first-order valence-electron chi connectivity index (χ1n) is 6.39. The Hall–Kier alpha value is -0.690. The van der Waals surface area contributed by atoms with Crippen LogP contribution in [0.25, 0.3) is 0 Å². The normalized spacial score (nSPS) is 27.3. The van der Waals surface area contributed by atoms with Crippen molar-refractivity contribution in [3.63, 3.8) is 0 Å². The third-order valence-corrected chi connectivity index (χ3v) is 5.64. The van der Waals surface area contributed by atoms with Crippen molar-refractivity contribution in [3.8, 4) is 0 Å². The van der Waals surface area contributed by atoms with Gasteiger partial charge in [-0.1, -0.05) is 12.1 Å². The summed E-state index contributed by atoms with van der Waals surface area (Å²) in [4.78, 5) is 17.3. The van der Waals surface area contributed by atoms with Crippen molar-refractivity contribution in [2.24, 2.45) is 28.7 Å². The summed E-state index contributed by atoms with van der Waals surface area (Å²) >= 11 is 1.98. The number of quaternary nitrogens is 1. The third kappa shape index (κ3) is 2.90. The van der Waals surface area contributed by atoms with Gasteiger partial charge in [-0.05, 0) is 28.7 Å². The quantitative estimate of drug-likeness (QED) is 0.125. The number of carbonyl (C=O) groups excluding carboxylic acids is 1. The molecule has 1 aromatic rings. The molecule has 0 saturated carbocycles. The monoisotopic (exact) mass is 452 g/mol. The van der Waals surface area contributed by atoms with Crippen LogP contribution >= 0.6 is 31.8 Å². The largest absolute Gasteiger partial charge is 0.585 e. The maximum atomic E-state index is 12.3. The maximum Gasteiger partial charge on any atom is 0.208 e. The van der Waals surface area contributed by atoms with Gasteiger partial charge < -0.3 is 38.7 Å². The van der Waals surface area contributed by atoms with E-state index < -0.39 is 27.6 Å². The Morgan fingerprint density at radius 1 is 1.13 bits per heavy atom. The van der Waals surface area contributed by atoms with Crippen molar-refractivity contribution in [1.82, 2.24) is 0 Å². The predicted octanol–water partition coefficient (Wildman–Crippen LogP) is -2.54. The molecule has 11 heteroatoms. The highest BCUT2D eigenvalue weighted by Gasteiger charge is 2.62. The fourth-order valence-corrected chi connectivity index (χ4v) is 2.90. The molecule has 1 aromatic carbocycles. The number of benzene rings is 1. The van der Waals surface area contributed by atoms with Gasteiger partial charge in [0.05, 0.1) is 3.57 Å². The lowest BCUT2D eigenvalue weighted by molar-refractivity contribution is -0.989. The van der Waals surface area contributed by atoms with E-state index >= 15 is 0 Å². The molecule has 126 valence electrons. The summed E-state index contributed by atoms with van der Waals surface area (Å²) in [5, 5.41) is 9.75. The van der Waals surface area contributed by atoms with Crippen LogP contribution in [-0.4, -0.2) is 22.4 Å². The Morgan fingerprint density at radius 3 is 2.26 bits per heavy atom. The number of hydrogen-bond acceptors (Lipinski definition) is 8. The summed E-state index contributed by atoms with van der Waals surface area (Å²) in [6, 6.07) is 6.73. The first-order chi connectivity index (χ1) is 10.4. The highest BCUT2D eigenvalue weighted by atomic mass is 127. The standard InChI is InChI=1S/C12H18IN6O3P/c13-6-3-1-2-4-7(6)19(21)22-9-5-8(20)10(14,15)12(18,23)11(9,16)17/h1-5,19H,14-18,23H2. The maximum absolute atomic E-state index is 12.3. The zero-order chi connectivity index (χ0) is 17.6. The van der Waals surface area contributed by atoms with Crippen molar-refractivity contribution >= 4 is 43.3 Å². The number of hydrogen-bond donors (Lipinski definition) is 6. The van der Waals surface area contributed by atoms with Crippen LogP contribution < -0.4 is 33.9 Å². The van der Waals surface area contributed by atoms with E-state index in [1.165, 1.54) is 0 Å². The molecule has 11 N–H and O–H groups in total. The Bertz CT molecular complexity index is 679. The van der Waals surface area contributed by atoms with Gasteiger partial charge in [0, 0.05) is 12.1 Å². The lowest BCUT2D eigenvalue weighted by atomic mass is 9.80. The molecule has 1 aliphatic carbocycles. The smallest absolute Gasteiger partial charge is 0.208 e. The summed E-state index contributed by atoms with van der Waals surface area (Å²) in [5.74, 6) is -1.07. The van der Waals surface area contributed by atoms with Gasteiger partial charge in [-0.3, -0.25) is 4.79 Å². The van der Waals surface area contributed by atoms with Gasteiger partial charge in [0.15, 0.2) is 22.8 Å². The van der Waals surface area contributed by atoms with Crippen molar-refractivity contribution in [1.29, 1.82) is 0 Å². The Morgan fingerprint density at radius 2 is 1.70 bits per heavy atom. The fourth-order valence-electron chi connectivity index (χ4n) is 2.00. The van der Waals surface area contributed by atoms with Crippen LogP contribution in [0.2, 0.25) is 0 Å². The summed E-state index contributed by atoms with van der Waals surface area (Å²) < 4.78 is 0.661. The molecule has 0 saturated heterocycles. The van der Waals surface area contributed by atoms with Gasteiger partial charge in [0.1, 0.15) is 5.28 Å². The minimum atomic E-state index is -2.03. The molecule has 0 amide bonds. The van der Waals surface area contributed by atoms with Gasteiger partial charge >= 0.3 is 0 Å². The summed E-state index contributed by atoms with van der Waals surface area (Å²) in [6.45, 7) is 0. The van der Waals surface area contributed by atoms with E-state index in [2.05, 4.69) is 9.24 Å². The van der Waals surface area contributed by atoms with Gasteiger partial charge in [0.2, 0.25) is 5.76 Å². The number of carbonyl (C=O) groups is 1. The summed E-state index contributed by atoms with van der Waals surface area (Å²) in [5.41, 5.74) is 25.7. The van der Waals surface area contributed by atoms with Crippen LogP contribution in [0.15, 0.2) is 36.1 Å². The minimum absolute atomic E-state index is 0.293. The van der Waals surface area contributed by atoms with E-state index in [0.29, 0.717) is 9.26 Å². The van der Waals surface area contributed by atoms with Gasteiger partial charge in [-0.25, -0.2) is 0 Å². The number of nitrogens with one attached hydrogen (secondary N) is 1. The molecule has 0 bridgehead atoms.